The summed E-state index contributed by atoms with van der Waals surface area (Å²) in [7, 11) is 2.02. The van der Waals surface area contributed by atoms with Crippen LogP contribution in [-0.4, -0.2) is 18.1 Å². The Morgan fingerprint density at radius 2 is 2.43 bits per heavy atom. The molecule has 1 heterocycles. The van der Waals surface area contributed by atoms with Crippen molar-refractivity contribution >= 4 is 5.82 Å². The maximum absolute atomic E-state index is 5.81. The van der Waals surface area contributed by atoms with Gasteiger partial charge >= 0.3 is 0 Å². The molecular formula is C11H17N3. The molecule has 2 rings (SSSR count). The lowest BCUT2D eigenvalue weighted by atomic mass is 10.0. The number of nitrogen functional groups attached to an aromatic ring is 1. The number of likely N-dealkylation sites (N-methyl/N-ethyl adjacent to an activating group) is 1. The fraction of sp³-hybridized carbons (Fsp3) is 0.545. The van der Waals surface area contributed by atoms with Crippen LogP contribution >= 0.6 is 0 Å². The zero-order valence-corrected chi connectivity index (χ0v) is 8.53. The minimum Gasteiger partial charge on any atom is -0.383 e. The van der Waals surface area contributed by atoms with E-state index < -0.39 is 0 Å². The molecule has 1 atom stereocenters. The number of pyridine rings is 1. The summed E-state index contributed by atoms with van der Waals surface area (Å²) in [6.45, 7) is 0. The van der Waals surface area contributed by atoms with Gasteiger partial charge in [0.1, 0.15) is 5.82 Å². The van der Waals surface area contributed by atoms with Crippen molar-refractivity contribution in [3.05, 3.63) is 23.9 Å². The van der Waals surface area contributed by atoms with E-state index in [-0.39, 0.29) is 0 Å². The summed E-state index contributed by atoms with van der Waals surface area (Å²) in [6.07, 6.45) is 5.45. The van der Waals surface area contributed by atoms with Gasteiger partial charge in [0.05, 0.1) is 0 Å². The van der Waals surface area contributed by atoms with E-state index in [2.05, 4.69) is 16.4 Å². The Kier molecular flexibility index (Phi) is 2.68. The molecule has 1 aliphatic rings. The molecule has 0 aromatic carbocycles. The fourth-order valence-electron chi connectivity index (χ4n) is 1.86. The van der Waals surface area contributed by atoms with Crippen LogP contribution in [0.1, 0.15) is 18.4 Å². The maximum atomic E-state index is 5.81. The highest BCUT2D eigenvalue weighted by atomic mass is 14.9. The Morgan fingerprint density at radius 1 is 1.64 bits per heavy atom. The first-order valence-corrected chi connectivity index (χ1v) is 5.18. The van der Waals surface area contributed by atoms with Crippen LogP contribution in [0.25, 0.3) is 0 Å². The Morgan fingerprint density at radius 3 is 3.00 bits per heavy atom. The molecule has 1 aromatic rings. The molecule has 0 aliphatic heterocycles. The molecule has 3 N–H and O–H groups in total. The van der Waals surface area contributed by atoms with Crippen LogP contribution in [0.2, 0.25) is 0 Å². The van der Waals surface area contributed by atoms with Gasteiger partial charge in [-0.2, -0.15) is 0 Å². The van der Waals surface area contributed by atoms with E-state index in [4.69, 9.17) is 5.73 Å². The number of aromatic nitrogens is 1. The summed E-state index contributed by atoms with van der Waals surface area (Å²) in [5.74, 6) is 1.52. The summed E-state index contributed by atoms with van der Waals surface area (Å²) < 4.78 is 0. The summed E-state index contributed by atoms with van der Waals surface area (Å²) in [5, 5.41) is 3.36. The summed E-state index contributed by atoms with van der Waals surface area (Å²) in [6, 6.07) is 4.59. The van der Waals surface area contributed by atoms with Crippen molar-refractivity contribution in [3.8, 4) is 0 Å². The molecule has 1 aliphatic carbocycles. The third-order valence-corrected chi connectivity index (χ3v) is 2.93. The lowest BCUT2D eigenvalue weighted by Crippen LogP contribution is -2.30. The molecule has 3 nitrogen and oxygen atoms in total. The highest BCUT2D eigenvalue weighted by molar-refractivity contribution is 5.39. The van der Waals surface area contributed by atoms with Gasteiger partial charge in [0.2, 0.25) is 0 Å². The van der Waals surface area contributed by atoms with Crippen molar-refractivity contribution in [1.29, 1.82) is 0 Å². The number of nitrogens with zero attached hydrogens (tertiary/aromatic N) is 1. The second kappa shape index (κ2) is 3.96. The van der Waals surface area contributed by atoms with Crippen molar-refractivity contribution in [2.45, 2.75) is 25.3 Å². The highest BCUT2D eigenvalue weighted by Gasteiger charge is 2.30. The van der Waals surface area contributed by atoms with E-state index >= 15 is 0 Å². The van der Waals surface area contributed by atoms with Gasteiger partial charge in [0.25, 0.3) is 0 Å². The molecule has 1 unspecified atom stereocenters. The van der Waals surface area contributed by atoms with Crippen LogP contribution in [0, 0.1) is 5.92 Å². The largest absolute Gasteiger partial charge is 0.383 e. The van der Waals surface area contributed by atoms with E-state index in [1.807, 2.05) is 13.1 Å². The molecule has 3 heteroatoms. The van der Waals surface area contributed by atoms with E-state index in [0.29, 0.717) is 11.9 Å². The van der Waals surface area contributed by atoms with Gasteiger partial charge in [-0.05, 0) is 43.9 Å². The van der Waals surface area contributed by atoms with Crippen LogP contribution in [0.4, 0.5) is 5.82 Å². The van der Waals surface area contributed by atoms with Gasteiger partial charge < -0.3 is 11.1 Å². The predicted octanol–water partition coefficient (Wildman–Crippen LogP) is 1.20. The molecule has 0 bridgehead atoms. The number of hydrogen-bond donors (Lipinski definition) is 2. The van der Waals surface area contributed by atoms with Gasteiger partial charge in [-0.15, -0.1) is 0 Å². The quantitative estimate of drug-likeness (QED) is 0.752. The van der Waals surface area contributed by atoms with Crippen molar-refractivity contribution in [2.24, 2.45) is 5.92 Å². The lowest BCUT2D eigenvalue weighted by molar-refractivity contribution is 0.500. The second-order valence-corrected chi connectivity index (χ2v) is 3.98. The van der Waals surface area contributed by atoms with Crippen LogP contribution in [0.15, 0.2) is 18.3 Å². The predicted molar refractivity (Wildman–Crippen MR) is 57.9 cm³/mol. The molecule has 1 aromatic heterocycles. The molecule has 0 amide bonds. The first-order chi connectivity index (χ1) is 6.81. The lowest BCUT2D eigenvalue weighted by Gasteiger charge is -2.15. The summed E-state index contributed by atoms with van der Waals surface area (Å²) >= 11 is 0. The number of nitrogens with two attached hydrogens (primary N) is 1. The Hall–Kier alpha value is -1.09. The SMILES string of the molecule is CNC(Cc1cccnc1N)C1CC1. The smallest absolute Gasteiger partial charge is 0.126 e. The second-order valence-electron chi connectivity index (χ2n) is 3.98. The minimum absolute atomic E-state index is 0.571. The number of rotatable bonds is 4. The van der Waals surface area contributed by atoms with Gasteiger partial charge in [-0.1, -0.05) is 6.07 Å². The van der Waals surface area contributed by atoms with Gasteiger partial charge in [0.15, 0.2) is 0 Å². The van der Waals surface area contributed by atoms with E-state index in [1.54, 1.807) is 6.20 Å². The van der Waals surface area contributed by atoms with E-state index in [0.717, 1.165) is 12.3 Å². The molecule has 76 valence electrons. The Bertz CT molecular complexity index is 307. The van der Waals surface area contributed by atoms with Crippen molar-refractivity contribution in [2.75, 3.05) is 12.8 Å². The first-order valence-electron chi connectivity index (χ1n) is 5.18. The fourth-order valence-corrected chi connectivity index (χ4v) is 1.86. The molecule has 1 fully saturated rings. The third kappa shape index (κ3) is 2.04. The van der Waals surface area contributed by atoms with Crippen molar-refractivity contribution in [1.82, 2.24) is 10.3 Å². The number of hydrogen-bond acceptors (Lipinski definition) is 3. The minimum atomic E-state index is 0.571. The highest BCUT2D eigenvalue weighted by Crippen LogP contribution is 2.34. The summed E-state index contributed by atoms with van der Waals surface area (Å²) in [5.41, 5.74) is 6.97. The first kappa shape index (κ1) is 9.46. The summed E-state index contributed by atoms with van der Waals surface area (Å²) in [4.78, 5) is 4.10. The average molecular weight is 191 g/mol. The Labute approximate surface area is 84.7 Å². The van der Waals surface area contributed by atoms with Crippen molar-refractivity contribution < 1.29 is 0 Å². The van der Waals surface area contributed by atoms with Crippen LogP contribution in [-0.2, 0) is 6.42 Å². The standard InChI is InChI=1S/C11H17N3/c1-13-10(8-4-5-8)7-9-3-2-6-14-11(9)12/h2-3,6,8,10,13H,4-5,7H2,1H3,(H2,12,14). The van der Waals surface area contributed by atoms with Crippen molar-refractivity contribution in [3.63, 3.8) is 0 Å². The molecule has 0 spiro atoms. The monoisotopic (exact) mass is 191 g/mol. The average Bonchev–Trinajstić information content (AvgIpc) is 3.00. The third-order valence-electron chi connectivity index (χ3n) is 2.93. The van der Waals surface area contributed by atoms with E-state index in [9.17, 15) is 0 Å². The Balaban J connectivity index is 2.04. The van der Waals surface area contributed by atoms with Gasteiger partial charge in [-0.3, -0.25) is 0 Å². The van der Waals surface area contributed by atoms with Crippen LogP contribution in [0.5, 0.6) is 0 Å². The van der Waals surface area contributed by atoms with Crippen LogP contribution < -0.4 is 11.1 Å². The molecular weight excluding hydrogens is 174 g/mol. The molecule has 1 saturated carbocycles. The maximum Gasteiger partial charge on any atom is 0.126 e. The van der Waals surface area contributed by atoms with Gasteiger partial charge in [0, 0.05) is 12.2 Å². The van der Waals surface area contributed by atoms with Gasteiger partial charge in [-0.25, -0.2) is 4.98 Å². The number of nitrogens with one attached hydrogen (secondary N) is 1. The van der Waals surface area contributed by atoms with Crippen LogP contribution in [0.3, 0.4) is 0 Å². The van der Waals surface area contributed by atoms with E-state index in [1.165, 1.54) is 18.4 Å². The topological polar surface area (TPSA) is 50.9 Å². The molecule has 0 radical (unpaired) electrons. The zero-order chi connectivity index (χ0) is 9.97. The molecule has 14 heavy (non-hydrogen) atoms. The number of anilines is 1. The molecule has 0 saturated heterocycles. The normalized spacial score (nSPS) is 18.1. The zero-order valence-electron chi connectivity index (χ0n) is 8.53.